The molecule has 0 saturated carbocycles. The molecule has 0 heterocycles. The lowest BCUT2D eigenvalue weighted by molar-refractivity contribution is 1.13. The van der Waals surface area contributed by atoms with E-state index in [0.29, 0.717) is 5.16 Å². The first-order valence-corrected chi connectivity index (χ1v) is 4.59. The number of alkyl halides is 2. The molecule has 0 aliphatic heterocycles. The van der Waals surface area contributed by atoms with Crippen LogP contribution in [0.2, 0.25) is 0 Å². The highest BCUT2D eigenvalue weighted by molar-refractivity contribution is 6.58. The molecule has 0 radical (unpaired) electrons. The van der Waals surface area contributed by atoms with Crippen molar-refractivity contribution >= 4 is 40.6 Å². The van der Waals surface area contributed by atoms with Crippen molar-refractivity contribution in [2.45, 2.75) is 24.6 Å². The predicted molar refractivity (Wildman–Crippen MR) is 56.0 cm³/mol. The second kappa shape index (κ2) is 4.95. The minimum absolute atomic E-state index is 0.0977. The third kappa shape index (κ3) is 4.86. The Morgan fingerprint density at radius 2 is 2.08 bits per heavy atom. The Balaban J connectivity index is 4.47. The van der Waals surface area contributed by atoms with Crippen LogP contribution in [-0.2, 0) is 0 Å². The van der Waals surface area contributed by atoms with Gasteiger partial charge in [0.1, 0.15) is 11.0 Å². The van der Waals surface area contributed by atoms with Gasteiger partial charge in [0.25, 0.3) is 0 Å². The van der Waals surface area contributed by atoms with E-state index in [1.54, 1.807) is 6.08 Å². The van der Waals surface area contributed by atoms with Crippen LogP contribution in [0.3, 0.4) is 0 Å². The molecule has 0 unspecified atom stereocenters. The summed E-state index contributed by atoms with van der Waals surface area (Å²) in [5, 5.41) is 0.308. The largest absolute Gasteiger partial charge is 0.385 e. The summed E-state index contributed by atoms with van der Waals surface area (Å²) < 4.78 is -1.16. The number of aliphatic imine (C=N–C) groups is 1. The minimum atomic E-state index is -1.16. The average Bonchev–Trinajstić information content (AvgIpc) is 1.85. The molecule has 0 fully saturated rings. The van der Waals surface area contributed by atoms with Crippen molar-refractivity contribution in [3.63, 3.8) is 0 Å². The SMILES string of the molecule is CC/C=C(Cl)/N=C(/N)C(C)(Cl)Cl. The van der Waals surface area contributed by atoms with Gasteiger partial charge in [0.15, 0.2) is 4.33 Å². The number of halogens is 3. The molecule has 0 rings (SSSR count). The third-order valence-electron chi connectivity index (χ3n) is 1.05. The first-order valence-electron chi connectivity index (χ1n) is 3.46. The Bertz CT molecular complexity index is 203. The fourth-order valence-corrected chi connectivity index (χ4v) is 0.757. The van der Waals surface area contributed by atoms with Crippen LogP contribution in [0.15, 0.2) is 16.2 Å². The topological polar surface area (TPSA) is 38.4 Å². The Labute approximate surface area is 87.4 Å². The zero-order valence-corrected chi connectivity index (χ0v) is 9.21. The first kappa shape index (κ1) is 12.1. The van der Waals surface area contributed by atoms with Crippen molar-refractivity contribution in [3.8, 4) is 0 Å². The molecule has 0 aromatic carbocycles. The summed E-state index contributed by atoms with van der Waals surface area (Å²) in [6.45, 7) is 3.47. The van der Waals surface area contributed by atoms with Gasteiger partial charge in [-0.25, -0.2) is 4.99 Å². The van der Waals surface area contributed by atoms with E-state index in [1.165, 1.54) is 6.92 Å². The first-order chi connectivity index (χ1) is 5.38. The number of rotatable bonds is 3. The number of hydrogen-bond acceptors (Lipinski definition) is 1. The maximum atomic E-state index is 5.66. The zero-order valence-electron chi connectivity index (χ0n) is 6.94. The molecule has 2 N–H and O–H groups in total. The van der Waals surface area contributed by atoms with Crippen LogP contribution in [0.1, 0.15) is 20.3 Å². The van der Waals surface area contributed by atoms with E-state index >= 15 is 0 Å². The molecule has 0 amide bonds. The minimum Gasteiger partial charge on any atom is -0.385 e. The molecule has 0 aromatic heterocycles. The van der Waals surface area contributed by atoms with Gasteiger partial charge < -0.3 is 5.73 Å². The molecule has 0 aliphatic rings. The Morgan fingerprint density at radius 1 is 1.58 bits per heavy atom. The zero-order chi connectivity index (χ0) is 9.78. The molecule has 12 heavy (non-hydrogen) atoms. The van der Waals surface area contributed by atoms with E-state index in [0.717, 1.165) is 6.42 Å². The molecular weight excluding hydrogens is 218 g/mol. The van der Waals surface area contributed by atoms with Gasteiger partial charge in [0, 0.05) is 0 Å². The quantitative estimate of drug-likeness (QED) is 0.343. The summed E-state index contributed by atoms with van der Waals surface area (Å²) in [5.41, 5.74) is 5.44. The molecule has 0 aromatic rings. The van der Waals surface area contributed by atoms with E-state index < -0.39 is 4.33 Å². The number of allylic oxidation sites excluding steroid dienone is 1. The van der Waals surface area contributed by atoms with Gasteiger partial charge in [-0.05, 0) is 19.4 Å². The lowest BCUT2D eigenvalue weighted by Crippen LogP contribution is -2.30. The molecule has 0 atom stereocenters. The normalized spacial score (nSPS) is 15.1. The third-order valence-corrected chi connectivity index (χ3v) is 1.68. The molecular formula is C7H11Cl3N2. The second-order valence-corrected chi connectivity index (χ2v) is 4.41. The smallest absolute Gasteiger partial charge is 0.172 e. The van der Waals surface area contributed by atoms with E-state index in [1.807, 2.05) is 6.92 Å². The standard InChI is InChI=1S/C7H11Cl3N2/c1-3-4-5(8)12-6(11)7(2,9)10/h4H,3H2,1-2H3,(H2,11,12)/b5-4+. The van der Waals surface area contributed by atoms with E-state index in [4.69, 9.17) is 40.5 Å². The summed E-state index contributed by atoms with van der Waals surface area (Å²) in [6.07, 6.45) is 2.50. The van der Waals surface area contributed by atoms with Gasteiger partial charge >= 0.3 is 0 Å². The number of hydrogen-bond donors (Lipinski definition) is 1. The molecule has 0 aliphatic carbocycles. The molecule has 5 heteroatoms. The van der Waals surface area contributed by atoms with E-state index in [2.05, 4.69) is 4.99 Å². The van der Waals surface area contributed by atoms with Crippen LogP contribution in [0.4, 0.5) is 0 Å². The molecule has 0 spiro atoms. The Kier molecular flexibility index (Phi) is 4.98. The Morgan fingerprint density at radius 3 is 2.42 bits per heavy atom. The van der Waals surface area contributed by atoms with Gasteiger partial charge in [-0.3, -0.25) is 0 Å². The molecule has 2 nitrogen and oxygen atoms in total. The second-order valence-electron chi connectivity index (χ2n) is 2.32. The van der Waals surface area contributed by atoms with Crippen molar-refractivity contribution < 1.29 is 0 Å². The van der Waals surface area contributed by atoms with E-state index in [-0.39, 0.29) is 5.84 Å². The summed E-state index contributed by atoms with van der Waals surface area (Å²) >= 11 is 17.0. The summed E-state index contributed by atoms with van der Waals surface area (Å²) in [7, 11) is 0. The van der Waals surface area contributed by atoms with Crippen LogP contribution in [0, 0.1) is 0 Å². The lowest BCUT2D eigenvalue weighted by atomic mass is 10.4. The summed E-state index contributed by atoms with van der Waals surface area (Å²) in [5.74, 6) is 0.0977. The van der Waals surface area contributed by atoms with Crippen molar-refractivity contribution in [1.29, 1.82) is 0 Å². The molecule has 0 saturated heterocycles. The van der Waals surface area contributed by atoms with Crippen molar-refractivity contribution in [3.05, 3.63) is 11.2 Å². The monoisotopic (exact) mass is 228 g/mol. The van der Waals surface area contributed by atoms with Gasteiger partial charge in [-0.15, -0.1) is 0 Å². The maximum Gasteiger partial charge on any atom is 0.172 e. The van der Waals surface area contributed by atoms with Crippen molar-refractivity contribution in [1.82, 2.24) is 0 Å². The van der Waals surface area contributed by atoms with Gasteiger partial charge in [-0.1, -0.05) is 41.7 Å². The van der Waals surface area contributed by atoms with Crippen LogP contribution in [0.25, 0.3) is 0 Å². The number of amidine groups is 1. The molecule has 70 valence electrons. The lowest BCUT2D eigenvalue weighted by Gasteiger charge is -2.11. The van der Waals surface area contributed by atoms with Gasteiger partial charge in [0.05, 0.1) is 0 Å². The van der Waals surface area contributed by atoms with Crippen LogP contribution in [-0.4, -0.2) is 10.2 Å². The van der Waals surface area contributed by atoms with E-state index in [9.17, 15) is 0 Å². The van der Waals surface area contributed by atoms with Crippen LogP contribution in [0.5, 0.6) is 0 Å². The van der Waals surface area contributed by atoms with Crippen molar-refractivity contribution in [2.75, 3.05) is 0 Å². The molecule has 0 bridgehead atoms. The highest BCUT2D eigenvalue weighted by Crippen LogP contribution is 2.20. The average molecular weight is 230 g/mol. The summed E-state index contributed by atoms with van der Waals surface area (Å²) in [4.78, 5) is 3.80. The maximum absolute atomic E-state index is 5.66. The summed E-state index contributed by atoms with van der Waals surface area (Å²) in [6, 6.07) is 0. The van der Waals surface area contributed by atoms with Crippen LogP contribution >= 0.6 is 34.8 Å². The van der Waals surface area contributed by atoms with Crippen LogP contribution < -0.4 is 5.73 Å². The highest BCUT2D eigenvalue weighted by atomic mass is 35.5. The fourth-order valence-electron chi connectivity index (χ4n) is 0.427. The highest BCUT2D eigenvalue weighted by Gasteiger charge is 2.21. The Hall–Kier alpha value is 0.0800. The predicted octanol–water partition coefficient (Wildman–Crippen LogP) is 3.03. The number of nitrogens with zero attached hydrogens (tertiary/aromatic N) is 1. The fraction of sp³-hybridized carbons (Fsp3) is 0.571. The van der Waals surface area contributed by atoms with Gasteiger partial charge in [-0.2, -0.15) is 0 Å². The van der Waals surface area contributed by atoms with Crippen molar-refractivity contribution in [2.24, 2.45) is 10.7 Å². The van der Waals surface area contributed by atoms with Gasteiger partial charge in [0.2, 0.25) is 0 Å². The number of nitrogens with two attached hydrogens (primary N) is 1.